The van der Waals surface area contributed by atoms with Crippen molar-refractivity contribution in [2.45, 2.75) is 19.9 Å². The van der Waals surface area contributed by atoms with Gasteiger partial charge in [-0.2, -0.15) is 0 Å². The monoisotopic (exact) mass is 342 g/mol. The van der Waals surface area contributed by atoms with Crippen molar-refractivity contribution >= 4 is 34.2 Å². The van der Waals surface area contributed by atoms with E-state index in [1.165, 1.54) is 17.1 Å². The highest BCUT2D eigenvalue weighted by Crippen LogP contribution is 2.12. The lowest BCUT2D eigenvalue weighted by atomic mass is 10.1. The number of carbonyl (C=O) groups is 1. The van der Waals surface area contributed by atoms with Crippen LogP contribution in [0, 0.1) is 6.92 Å². The van der Waals surface area contributed by atoms with Gasteiger partial charge in [0.05, 0.1) is 22.3 Å². The fraction of sp³-hybridized carbons (Fsp3) is 0.176. The summed E-state index contributed by atoms with van der Waals surface area (Å²) in [7, 11) is 0. The number of fused-ring (bicyclic) bond motifs is 1. The van der Waals surface area contributed by atoms with E-state index in [9.17, 15) is 9.59 Å². The van der Waals surface area contributed by atoms with Crippen LogP contribution in [0.2, 0.25) is 5.02 Å². The van der Waals surface area contributed by atoms with Gasteiger partial charge in [0, 0.05) is 19.2 Å². The van der Waals surface area contributed by atoms with Crippen LogP contribution < -0.4 is 10.9 Å². The summed E-state index contributed by atoms with van der Waals surface area (Å²) in [6.45, 7) is 2.15. The number of anilines is 1. The quantitative estimate of drug-likeness (QED) is 0.791. The molecule has 122 valence electrons. The summed E-state index contributed by atoms with van der Waals surface area (Å²) in [5, 5.41) is 3.71. The van der Waals surface area contributed by atoms with E-state index in [4.69, 9.17) is 11.6 Å². The molecule has 0 atom stereocenters. The number of carbonyl (C=O) groups excluding carboxylic acids is 1. The normalized spacial score (nSPS) is 10.8. The number of nitrogens with one attached hydrogen (secondary N) is 1. The third-order valence-corrected chi connectivity index (χ3v) is 3.85. The second-order valence-electron chi connectivity index (χ2n) is 5.37. The minimum absolute atomic E-state index is 0.142. The van der Waals surface area contributed by atoms with Crippen molar-refractivity contribution in [3.05, 3.63) is 63.8 Å². The lowest BCUT2D eigenvalue weighted by Crippen LogP contribution is -2.24. The van der Waals surface area contributed by atoms with Crippen molar-refractivity contribution in [1.29, 1.82) is 0 Å². The second-order valence-corrected chi connectivity index (χ2v) is 5.81. The largest absolute Gasteiger partial charge is 0.311 e. The molecule has 2 heterocycles. The van der Waals surface area contributed by atoms with Crippen LogP contribution in [0.1, 0.15) is 12.0 Å². The maximum atomic E-state index is 12.5. The van der Waals surface area contributed by atoms with Crippen molar-refractivity contribution in [2.75, 3.05) is 5.32 Å². The first-order chi connectivity index (χ1) is 11.5. The van der Waals surface area contributed by atoms with Gasteiger partial charge in [0.1, 0.15) is 5.82 Å². The van der Waals surface area contributed by atoms with Gasteiger partial charge in [0.25, 0.3) is 5.56 Å². The van der Waals surface area contributed by atoms with E-state index < -0.39 is 0 Å². The van der Waals surface area contributed by atoms with Crippen LogP contribution in [0.5, 0.6) is 0 Å². The molecule has 0 saturated carbocycles. The maximum Gasteiger partial charge on any atom is 0.261 e. The molecule has 1 aromatic carbocycles. The highest BCUT2D eigenvalue weighted by molar-refractivity contribution is 6.30. The predicted molar refractivity (Wildman–Crippen MR) is 93.2 cm³/mol. The first-order valence-corrected chi connectivity index (χ1v) is 7.78. The molecule has 1 N–H and O–H groups in total. The number of aryl methyl sites for hydroxylation is 2. The summed E-state index contributed by atoms with van der Waals surface area (Å²) in [5.41, 5.74) is 1.48. The van der Waals surface area contributed by atoms with Crippen LogP contribution in [0.25, 0.3) is 10.9 Å². The first kappa shape index (κ1) is 16.1. The fourth-order valence-electron chi connectivity index (χ4n) is 2.37. The van der Waals surface area contributed by atoms with Gasteiger partial charge >= 0.3 is 0 Å². The number of halogens is 1. The molecule has 6 nitrogen and oxygen atoms in total. The Balaban J connectivity index is 1.71. The van der Waals surface area contributed by atoms with Crippen molar-refractivity contribution in [3.63, 3.8) is 0 Å². The Morgan fingerprint density at radius 1 is 1.25 bits per heavy atom. The minimum Gasteiger partial charge on any atom is -0.311 e. The topological polar surface area (TPSA) is 76.9 Å². The van der Waals surface area contributed by atoms with Crippen molar-refractivity contribution in [2.24, 2.45) is 0 Å². The van der Waals surface area contributed by atoms with E-state index in [1.54, 1.807) is 18.2 Å². The van der Waals surface area contributed by atoms with Crippen LogP contribution in [-0.2, 0) is 11.3 Å². The Kier molecular flexibility index (Phi) is 4.57. The molecule has 0 unspecified atom stereocenters. The Morgan fingerprint density at radius 2 is 2.08 bits per heavy atom. The summed E-state index contributed by atoms with van der Waals surface area (Å²) in [6.07, 6.45) is 3.08. The highest BCUT2D eigenvalue weighted by Gasteiger charge is 2.08. The van der Waals surface area contributed by atoms with Crippen molar-refractivity contribution in [3.8, 4) is 0 Å². The van der Waals surface area contributed by atoms with Gasteiger partial charge in [-0.25, -0.2) is 9.97 Å². The molecule has 0 radical (unpaired) electrons. The Hall–Kier alpha value is -2.73. The molecular formula is C17H15ClN4O2. The number of rotatable bonds is 4. The number of pyridine rings is 1. The summed E-state index contributed by atoms with van der Waals surface area (Å²) in [6, 6.07) is 8.73. The number of nitrogens with zero attached hydrogens (tertiary/aromatic N) is 3. The molecular weight excluding hydrogens is 328 g/mol. The fourth-order valence-corrected chi connectivity index (χ4v) is 2.49. The number of amides is 1. The van der Waals surface area contributed by atoms with E-state index in [0.717, 1.165) is 5.56 Å². The number of hydrogen-bond donors (Lipinski definition) is 1. The minimum atomic E-state index is -0.235. The number of benzene rings is 1. The summed E-state index contributed by atoms with van der Waals surface area (Å²) >= 11 is 5.75. The van der Waals surface area contributed by atoms with Crippen molar-refractivity contribution < 1.29 is 4.79 Å². The van der Waals surface area contributed by atoms with Crippen LogP contribution in [-0.4, -0.2) is 20.4 Å². The molecule has 24 heavy (non-hydrogen) atoms. The van der Waals surface area contributed by atoms with E-state index in [1.807, 2.05) is 19.1 Å². The van der Waals surface area contributed by atoms with Crippen LogP contribution in [0.15, 0.2) is 47.7 Å². The maximum absolute atomic E-state index is 12.5. The van der Waals surface area contributed by atoms with Gasteiger partial charge in [-0.1, -0.05) is 23.7 Å². The van der Waals surface area contributed by atoms with Gasteiger partial charge < -0.3 is 5.32 Å². The van der Waals surface area contributed by atoms with Gasteiger partial charge in [0.2, 0.25) is 5.91 Å². The van der Waals surface area contributed by atoms with Gasteiger partial charge in [0.15, 0.2) is 0 Å². The molecule has 3 rings (SSSR count). The molecule has 0 aliphatic rings. The zero-order valence-electron chi connectivity index (χ0n) is 13.0. The number of aromatic nitrogens is 3. The molecule has 0 saturated heterocycles. The molecule has 0 aliphatic heterocycles. The first-order valence-electron chi connectivity index (χ1n) is 7.41. The molecule has 0 spiro atoms. The molecule has 2 aromatic heterocycles. The third kappa shape index (κ3) is 3.44. The number of hydrogen-bond acceptors (Lipinski definition) is 4. The standard InChI is InChI=1S/C17H15ClN4O2/c1-11-3-2-4-13-16(11)20-10-22(17(13)24)8-7-15(23)21-14-6-5-12(18)9-19-14/h2-6,9-10H,7-8H2,1H3,(H,19,21,23). The highest BCUT2D eigenvalue weighted by atomic mass is 35.5. The average molecular weight is 343 g/mol. The molecule has 0 aliphatic carbocycles. The molecule has 0 bridgehead atoms. The van der Waals surface area contributed by atoms with Gasteiger partial charge in [-0.15, -0.1) is 0 Å². The molecule has 0 fully saturated rings. The predicted octanol–water partition coefficient (Wildman–Crippen LogP) is 2.78. The van der Waals surface area contributed by atoms with Gasteiger partial charge in [-0.05, 0) is 30.7 Å². The van der Waals surface area contributed by atoms with E-state index >= 15 is 0 Å². The zero-order chi connectivity index (χ0) is 17.1. The Labute approximate surface area is 143 Å². The van der Waals surface area contributed by atoms with Crippen LogP contribution >= 0.6 is 11.6 Å². The third-order valence-electron chi connectivity index (χ3n) is 3.63. The van der Waals surface area contributed by atoms with Crippen LogP contribution in [0.4, 0.5) is 5.82 Å². The molecule has 1 amide bonds. The lowest BCUT2D eigenvalue weighted by molar-refractivity contribution is -0.116. The lowest BCUT2D eigenvalue weighted by Gasteiger charge is -2.08. The zero-order valence-corrected chi connectivity index (χ0v) is 13.7. The van der Waals surface area contributed by atoms with Crippen LogP contribution in [0.3, 0.4) is 0 Å². The van der Waals surface area contributed by atoms with Gasteiger partial charge in [-0.3, -0.25) is 14.2 Å². The summed E-state index contributed by atoms with van der Waals surface area (Å²) < 4.78 is 1.44. The van der Waals surface area contributed by atoms with E-state index in [-0.39, 0.29) is 24.4 Å². The summed E-state index contributed by atoms with van der Waals surface area (Å²) in [4.78, 5) is 32.7. The van der Waals surface area contributed by atoms with E-state index in [0.29, 0.717) is 21.7 Å². The Morgan fingerprint density at radius 3 is 2.83 bits per heavy atom. The molecule has 7 heteroatoms. The summed E-state index contributed by atoms with van der Waals surface area (Å²) in [5.74, 6) is 0.185. The SMILES string of the molecule is Cc1cccc2c(=O)n(CCC(=O)Nc3ccc(Cl)cn3)cnc12. The second kappa shape index (κ2) is 6.80. The Bertz CT molecular complexity index is 951. The van der Waals surface area contributed by atoms with E-state index in [2.05, 4.69) is 15.3 Å². The number of para-hydroxylation sites is 1. The smallest absolute Gasteiger partial charge is 0.261 e. The van der Waals surface area contributed by atoms with Crippen molar-refractivity contribution in [1.82, 2.24) is 14.5 Å². The average Bonchev–Trinajstić information content (AvgIpc) is 2.57. The molecule has 3 aromatic rings.